The summed E-state index contributed by atoms with van der Waals surface area (Å²) >= 11 is 2.98. The highest BCUT2D eigenvalue weighted by Crippen LogP contribution is 2.35. The van der Waals surface area contributed by atoms with Crippen LogP contribution in [0.2, 0.25) is 0 Å². The van der Waals surface area contributed by atoms with E-state index in [9.17, 15) is 4.79 Å². The minimum atomic E-state index is -0.127. The molecule has 124 valence electrons. The number of hydrogen-bond donors (Lipinski definition) is 0. The minimum Gasteiger partial charge on any atom is -0.266 e. The SMILES string of the molecule is CSC1=NC(=O)/C(=C/c2cc(C(C)(C)C)cc(C(C)(C)C)c2)S1. The molecular weight excluding hydrogens is 322 g/mol. The van der Waals surface area contributed by atoms with Crippen LogP contribution in [0.5, 0.6) is 0 Å². The van der Waals surface area contributed by atoms with Gasteiger partial charge in [-0.05, 0) is 39.9 Å². The summed E-state index contributed by atoms with van der Waals surface area (Å²) in [6.45, 7) is 13.3. The van der Waals surface area contributed by atoms with E-state index in [-0.39, 0.29) is 16.7 Å². The molecule has 2 nitrogen and oxygen atoms in total. The van der Waals surface area contributed by atoms with E-state index in [1.54, 1.807) is 0 Å². The van der Waals surface area contributed by atoms with E-state index in [4.69, 9.17) is 0 Å². The van der Waals surface area contributed by atoms with Crippen molar-refractivity contribution in [2.45, 2.75) is 52.4 Å². The topological polar surface area (TPSA) is 29.4 Å². The molecule has 0 saturated carbocycles. The molecule has 0 atom stereocenters. The molecule has 1 aliphatic rings. The van der Waals surface area contributed by atoms with Gasteiger partial charge in [0.05, 0.1) is 4.91 Å². The maximum Gasteiger partial charge on any atom is 0.285 e. The van der Waals surface area contributed by atoms with Gasteiger partial charge in [-0.3, -0.25) is 4.79 Å². The number of benzene rings is 1. The van der Waals surface area contributed by atoms with Crippen LogP contribution in [0, 0.1) is 0 Å². The van der Waals surface area contributed by atoms with Gasteiger partial charge in [-0.1, -0.05) is 71.5 Å². The van der Waals surface area contributed by atoms with Crippen LogP contribution in [0.3, 0.4) is 0 Å². The summed E-state index contributed by atoms with van der Waals surface area (Å²) in [7, 11) is 0. The van der Waals surface area contributed by atoms with Gasteiger partial charge in [-0.15, -0.1) is 11.8 Å². The first-order chi connectivity index (χ1) is 10.5. The number of hydrogen-bond acceptors (Lipinski definition) is 3. The summed E-state index contributed by atoms with van der Waals surface area (Å²) in [6, 6.07) is 6.66. The predicted octanol–water partition coefficient (Wildman–Crippen LogP) is 5.61. The molecule has 0 aliphatic carbocycles. The molecule has 4 heteroatoms. The van der Waals surface area contributed by atoms with Gasteiger partial charge in [0, 0.05) is 0 Å². The molecule has 0 saturated heterocycles. The quantitative estimate of drug-likeness (QED) is 0.618. The molecular formula is C19H25NOS2. The molecule has 1 aromatic rings. The van der Waals surface area contributed by atoms with Gasteiger partial charge in [0.15, 0.2) is 0 Å². The number of aliphatic imine (C=N–C) groups is 1. The van der Waals surface area contributed by atoms with Crippen LogP contribution in [0.1, 0.15) is 58.2 Å². The lowest BCUT2D eigenvalue weighted by molar-refractivity contribution is -0.113. The second-order valence-electron chi connectivity index (χ2n) is 7.84. The summed E-state index contributed by atoms with van der Waals surface area (Å²) in [5.41, 5.74) is 3.80. The highest BCUT2D eigenvalue weighted by Gasteiger charge is 2.23. The number of amides is 1. The standard InChI is InChI=1S/C19H25NOS2/c1-18(2,3)13-8-12(9-14(11-13)19(4,5)6)10-15-16(21)20-17(22-7)23-15/h8-11H,1-7H3/b15-10-. The lowest BCUT2D eigenvalue weighted by atomic mass is 9.79. The molecule has 2 rings (SSSR count). The molecule has 1 aliphatic heterocycles. The van der Waals surface area contributed by atoms with Crippen LogP contribution in [0.15, 0.2) is 28.1 Å². The highest BCUT2D eigenvalue weighted by molar-refractivity contribution is 8.40. The Bertz CT molecular complexity index is 656. The monoisotopic (exact) mass is 347 g/mol. The molecule has 1 heterocycles. The summed E-state index contributed by atoms with van der Waals surface area (Å²) in [4.78, 5) is 16.8. The third-order valence-electron chi connectivity index (χ3n) is 3.76. The normalized spacial score (nSPS) is 17.8. The van der Waals surface area contributed by atoms with Crippen LogP contribution < -0.4 is 0 Å². The molecule has 0 aromatic heterocycles. The number of thioether (sulfide) groups is 2. The molecule has 1 aromatic carbocycles. The van der Waals surface area contributed by atoms with Gasteiger partial charge < -0.3 is 0 Å². The van der Waals surface area contributed by atoms with Crippen molar-refractivity contribution < 1.29 is 4.79 Å². The van der Waals surface area contributed by atoms with Gasteiger partial charge in [0.1, 0.15) is 4.38 Å². The van der Waals surface area contributed by atoms with Crippen molar-refractivity contribution in [2.75, 3.05) is 6.26 Å². The van der Waals surface area contributed by atoms with E-state index in [1.165, 1.54) is 34.7 Å². The first-order valence-electron chi connectivity index (χ1n) is 7.73. The summed E-state index contributed by atoms with van der Waals surface area (Å²) < 4.78 is 0.823. The first kappa shape index (κ1) is 18.3. The number of carbonyl (C=O) groups is 1. The Morgan fingerprint density at radius 1 is 1.00 bits per heavy atom. The number of carbonyl (C=O) groups excluding carboxylic acids is 1. The van der Waals surface area contributed by atoms with E-state index in [0.29, 0.717) is 4.91 Å². The Hall–Kier alpha value is -1.00. The zero-order chi connectivity index (χ0) is 17.4. The molecule has 0 bridgehead atoms. The van der Waals surface area contributed by atoms with Crippen LogP contribution in [-0.4, -0.2) is 16.5 Å². The highest BCUT2D eigenvalue weighted by atomic mass is 32.2. The Morgan fingerprint density at radius 2 is 1.52 bits per heavy atom. The summed E-state index contributed by atoms with van der Waals surface area (Å²) in [5, 5.41) is 0. The van der Waals surface area contributed by atoms with Crippen LogP contribution >= 0.6 is 23.5 Å². The van der Waals surface area contributed by atoms with E-state index in [1.807, 2.05) is 12.3 Å². The van der Waals surface area contributed by atoms with E-state index in [0.717, 1.165) is 9.94 Å². The average molecular weight is 348 g/mol. The molecule has 0 N–H and O–H groups in total. The third kappa shape index (κ3) is 4.51. The predicted molar refractivity (Wildman–Crippen MR) is 105 cm³/mol. The van der Waals surface area contributed by atoms with Crippen molar-refractivity contribution in [1.82, 2.24) is 0 Å². The van der Waals surface area contributed by atoms with Crippen molar-refractivity contribution in [3.8, 4) is 0 Å². The number of rotatable bonds is 1. The summed E-state index contributed by atoms with van der Waals surface area (Å²) in [5.74, 6) is -0.127. The Kier molecular flexibility index (Phi) is 5.17. The molecule has 0 spiro atoms. The van der Waals surface area contributed by atoms with Gasteiger partial charge >= 0.3 is 0 Å². The fourth-order valence-electron chi connectivity index (χ4n) is 2.23. The Labute approximate surface area is 148 Å². The van der Waals surface area contributed by atoms with Crippen molar-refractivity contribution >= 4 is 39.9 Å². The maximum absolute atomic E-state index is 12.0. The van der Waals surface area contributed by atoms with Crippen molar-refractivity contribution in [2.24, 2.45) is 4.99 Å². The van der Waals surface area contributed by atoms with E-state index < -0.39 is 0 Å². The second-order valence-corrected chi connectivity index (χ2v) is 9.93. The van der Waals surface area contributed by atoms with Crippen molar-refractivity contribution in [3.05, 3.63) is 39.8 Å². The minimum absolute atomic E-state index is 0.0717. The Balaban J connectivity index is 2.49. The van der Waals surface area contributed by atoms with Crippen molar-refractivity contribution in [1.29, 1.82) is 0 Å². The lowest BCUT2D eigenvalue weighted by Gasteiger charge is -2.25. The first-order valence-corrected chi connectivity index (χ1v) is 9.77. The molecule has 0 fully saturated rings. The molecule has 23 heavy (non-hydrogen) atoms. The maximum atomic E-state index is 12.0. The van der Waals surface area contributed by atoms with Gasteiger partial charge in [-0.25, -0.2) is 0 Å². The number of nitrogens with zero attached hydrogens (tertiary/aromatic N) is 1. The molecule has 0 unspecified atom stereocenters. The van der Waals surface area contributed by atoms with Crippen LogP contribution in [-0.2, 0) is 15.6 Å². The lowest BCUT2D eigenvalue weighted by Crippen LogP contribution is -2.16. The van der Waals surface area contributed by atoms with E-state index in [2.05, 4.69) is 64.7 Å². The van der Waals surface area contributed by atoms with Gasteiger partial charge in [0.2, 0.25) is 0 Å². The average Bonchev–Trinajstić information content (AvgIpc) is 2.77. The zero-order valence-electron chi connectivity index (χ0n) is 15.0. The second kappa shape index (κ2) is 6.48. The fourth-order valence-corrected chi connectivity index (χ4v) is 3.65. The Morgan fingerprint density at radius 3 is 1.91 bits per heavy atom. The van der Waals surface area contributed by atoms with Crippen LogP contribution in [0.25, 0.3) is 6.08 Å². The van der Waals surface area contributed by atoms with Gasteiger partial charge in [-0.2, -0.15) is 4.99 Å². The van der Waals surface area contributed by atoms with Crippen LogP contribution in [0.4, 0.5) is 0 Å². The summed E-state index contributed by atoms with van der Waals surface area (Å²) in [6.07, 6.45) is 3.92. The fraction of sp³-hybridized carbons (Fsp3) is 0.474. The third-order valence-corrected chi connectivity index (χ3v) is 5.73. The molecule has 1 amide bonds. The molecule has 0 radical (unpaired) electrons. The van der Waals surface area contributed by atoms with Crippen molar-refractivity contribution in [3.63, 3.8) is 0 Å². The smallest absolute Gasteiger partial charge is 0.266 e. The zero-order valence-corrected chi connectivity index (χ0v) is 16.6. The largest absolute Gasteiger partial charge is 0.285 e. The van der Waals surface area contributed by atoms with E-state index >= 15 is 0 Å². The van der Waals surface area contributed by atoms with Gasteiger partial charge in [0.25, 0.3) is 5.91 Å².